The first-order valence-electron chi connectivity index (χ1n) is 4.24. The molecule has 7 nitrogen and oxygen atoms in total. The normalized spacial score (nSPS) is 9.56. The predicted octanol–water partition coefficient (Wildman–Crippen LogP) is -0.157. The van der Waals surface area contributed by atoms with Gasteiger partial charge in [-0.15, -0.1) is 0 Å². The quantitative estimate of drug-likeness (QED) is 0.547. The lowest BCUT2D eigenvalue weighted by atomic mass is 10.2. The van der Waals surface area contributed by atoms with Gasteiger partial charge in [-0.3, -0.25) is 25.0 Å². The van der Waals surface area contributed by atoms with Gasteiger partial charge in [0.25, 0.3) is 17.5 Å². The van der Waals surface area contributed by atoms with Crippen molar-refractivity contribution in [3.8, 4) is 0 Å². The fourth-order valence-electron chi connectivity index (χ4n) is 0.999. The topological polar surface area (TPSA) is 110 Å². The van der Waals surface area contributed by atoms with Gasteiger partial charge in [-0.1, -0.05) is 6.07 Å². The first-order chi connectivity index (χ1) is 7.54. The number of imide groups is 1. The minimum absolute atomic E-state index is 0.0176. The molecule has 0 atom stereocenters. The van der Waals surface area contributed by atoms with E-state index in [2.05, 4.69) is 0 Å². The van der Waals surface area contributed by atoms with E-state index in [-0.39, 0.29) is 11.3 Å². The van der Waals surface area contributed by atoms with Gasteiger partial charge in [0.1, 0.15) is 6.61 Å². The Hall–Kier alpha value is -2.28. The highest BCUT2D eigenvalue weighted by atomic mass is 16.6. The fourth-order valence-corrected chi connectivity index (χ4v) is 0.999. The molecule has 2 amide bonds. The van der Waals surface area contributed by atoms with Crippen molar-refractivity contribution in [3.05, 3.63) is 39.9 Å². The highest BCUT2D eigenvalue weighted by molar-refractivity contribution is 6.05. The molecule has 0 radical (unpaired) electrons. The van der Waals surface area contributed by atoms with Crippen molar-refractivity contribution in [2.45, 2.75) is 0 Å². The van der Waals surface area contributed by atoms with Gasteiger partial charge >= 0.3 is 0 Å². The Kier molecular flexibility index (Phi) is 3.67. The van der Waals surface area contributed by atoms with Crippen LogP contribution in [-0.2, 0) is 4.79 Å². The van der Waals surface area contributed by atoms with Crippen molar-refractivity contribution >= 4 is 17.5 Å². The van der Waals surface area contributed by atoms with Crippen molar-refractivity contribution in [1.82, 2.24) is 5.32 Å². The molecule has 0 aliphatic rings. The van der Waals surface area contributed by atoms with E-state index >= 15 is 0 Å². The van der Waals surface area contributed by atoms with Gasteiger partial charge in [0.05, 0.1) is 4.92 Å². The van der Waals surface area contributed by atoms with Crippen molar-refractivity contribution in [1.29, 1.82) is 0 Å². The molecule has 16 heavy (non-hydrogen) atoms. The molecular weight excluding hydrogens is 216 g/mol. The van der Waals surface area contributed by atoms with Crippen LogP contribution >= 0.6 is 0 Å². The zero-order chi connectivity index (χ0) is 12.1. The van der Waals surface area contributed by atoms with E-state index in [9.17, 15) is 19.7 Å². The second-order valence-corrected chi connectivity index (χ2v) is 2.84. The van der Waals surface area contributed by atoms with Crippen molar-refractivity contribution < 1.29 is 19.6 Å². The van der Waals surface area contributed by atoms with Gasteiger partial charge in [0.2, 0.25) is 0 Å². The number of nitro benzene ring substituents is 1. The summed E-state index contributed by atoms with van der Waals surface area (Å²) in [7, 11) is 0. The first-order valence-corrected chi connectivity index (χ1v) is 4.24. The summed E-state index contributed by atoms with van der Waals surface area (Å²) in [6.07, 6.45) is 0. The van der Waals surface area contributed by atoms with Crippen LogP contribution in [0.25, 0.3) is 0 Å². The third-order valence-electron chi connectivity index (χ3n) is 1.72. The molecule has 1 rings (SSSR count). The van der Waals surface area contributed by atoms with Gasteiger partial charge < -0.3 is 5.11 Å². The Morgan fingerprint density at radius 3 is 2.69 bits per heavy atom. The molecule has 0 fully saturated rings. The van der Waals surface area contributed by atoms with Gasteiger partial charge in [0.15, 0.2) is 0 Å². The average Bonchev–Trinajstić information content (AvgIpc) is 2.28. The number of nitrogens with zero attached hydrogens (tertiary/aromatic N) is 1. The summed E-state index contributed by atoms with van der Waals surface area (Å²) in [6, 6.07) is 4.92. The van der Waals surface area contributed by atoms with Crippen molar-refractivity contribution in [2.24, 2.45) is 0 Å². The van der Waals surface area contributed by atoms with E-state index in [1.165, 1.54) is 18.2 Å². The zero-order valence-electron chi connectivity index (χ0n) is 8.04. The third kappa shape index (κ3) is 2.85. The molecule has 0 aliphatic carbocycles. The summed E-state index contributed by atoms with van der Waals surface area (Å²) < 4.78 is 0. The Labute approximate surface area is 89.8 Å². The van der Waals surface area contributed by atoms with E-state index in [0.717, 1.165) is 6.07 Å². The van der Waals surface area contributed by atoms with Crippen LogP contribution in [0.1, 0.15) is 10.4 Å². The first kappa shape index (κ1) is 11.8. The summed E-state index contributed by atoms with van der Waals surface area (Å²) in [5.41, 5.74) is -0.264. The van der Waals surface area contributed by atoms with Crippen LogP contribution in [-0.4, -0.2) is 28.5 Å². The summed E-state index contributed by atoms with van der Waals surface area (Å²) in [6.45, 7) is -0.819. The van der Waals surface area contributed by atoms with Gasteiger partial charge in [-0.2, -0.15) is 0 Å². The van der Waals surface area contributed by atoms with Gasteiger partial charge in [0, 0.05) is 17.7 Å². The highest BCUT2D eigenvalue weighted by Crippen LogP contribution is 2.12. The molecule has 0 unspecified atom stereocenters. The largest absolute Gasteiger partial charge is 0.387 e. The van der Waals surface area contributed by atoms with E-state index < -0.39 is 23.3 Å². The molecule has 84 valence electrons. The van der Waals surface area contributed by atoms with E-state index in [1.54, 1.807) is 0 Å². The standard InChI is InChI=1S/C9H8N2O5/c12-5-8(13)10-9(14)6-2-1-3-7(4-6)11(15)16/h1-4,12H,5H2,(H,10,13,14). The van der Waals surface area contributed by atoms with Crippen molar-refractivity contribution in [3.63, 3.8) is 0 Å². The SMILES string of the molecule is O=C(CO)NC(=O)c1cccc([N+](=O)[O-])c1. The molecule has 1 aromatic rings. The molecular formula is C9H8N2O5. The lowest BCUT2D eigenvalue weighted by Gasteiger charge is -2.01. The number of rotatable bonds is 3. The number of nitro groups is 1. The number of non-ortho nitro benzene ring substituents is 1. The maximum atomic E-state index is 11.3. The van der Waals surface area contributed by atoms with Crippen LogP contribution in [0.3, 0.4) is 0 Å². The van der Waals surface area contributed by atoms with Crippen LogP contribution in [0.15, 0.2) is 24.3 Å². The van der Waals surface area contributed by atoms with Crippen LogP contribution in [0.5, 0.6) is 0 Å². The molecule has 0 aromatic heterocycles. The summed E-state index contributed by atoms with van der Waals surface area (Å²) >= 11 is 0. The molecule has 2 N–H and O–H groups in total. The number of aliphatic hydroxyl groups is 1. The fraction of sp³-hybridized carbons (Fsp3) is 0.111. The molecule has 0 saturated carbocycles. The summed E-state index contributed by atoms with van der Waals surface area (Å²) in [5, 5.41) is 20.7. The minimum Gasteiger partial charge on any atom is -0.387 e. The Balaban J connectivity index is 2.88. The van der Waals surface area contributed by atoms with Crippen LogP contribution in [0.2, 0.25) is 0 Å². The highest BCUT2D eigenvalue weighted by Gasteiger charge is 2.13. The number of nitrogens with one attached hydrogen (secondary N) is 1. The van der Waals surface area contributed by atoms with Crippen LogP contribution < -0.4 is 5.32 Å². The number of hydrogen-bond donors (Lipinski definition) is 2. The third-order valence-corrected chi connectivity index (χ3v) is 1.72. The predicted molar refractivity (Wildman–Crippen MR) is 52.7 cm³/mol. The molecule has 0 spiro atoms. The smallest absolute Gasteiger partial charge is 0.270 e. The van der Waals surface area contributed by atoms with Crippen LogP contribution in [0.4, 0.5) is 5.69 Å². The maximum absolute atomic E-state index is 11.3. The maximum Gasteiger partial charge on any atom is 0.270 e. The average molecular weight is 224 g/mol. The number of aliphatic hydroxyl groups excluding tert-OH is 1. The van der Waals surface area contributed by atoms with Gasteiger partial charge in [-0.05, 0) is 6.07 Å². The second kappa shape index (κ2) is 4.99. The molecule has 0 bridgehead atoms. The Bertz CT molecular complexity index is 443. The van der Waals surface area contributed by atoms with Crippen molar-refractivity contribution in [2.75, 3.05) is 6.61 Å². The molecule has 0 saturated heterocycles. The summed E-state index contributed by atoms with van der Waals surface area (Å²) in [5.74, 6) is -1.65. The monoisotopic (exact) mass is 224 g/mol. The number of hydrogen-bond acceptors (Lipinski definition) is 5. The Morgan fingerprint density at radius 2 is 2.12 bits per heavy atom. The van der Waals surface area contributed by atoms with Crippen LogP contribution in [0, 0.1) is 10.1 Å². The molecule has 0 aliphatic heterocycles. The van der Waals surface area contributed by atoms with Gasteiger partial charge in [-0.25, -0.2) is 0 Å². The lowest BCUT2D eigenvalue weighted by molar-refractivity contribution is -0.384. The second-order valence-electron chi connectivity index (χ2n) is 2.84. The number of carbonyl (C=O) groups excluding carboxylic acids is 2. The summed E-state index contributed by atoms with van der Waals surface area (Å²) in [4.78, 5) is 31.8. The van der Waals surface area contributed by atoms with E-state index in [1.807, 2.05) is 5.32 Å². The molecule has 1 aromatic carbocycles. The molecule has 7 heteroatoms. The number of amides is 2. The van der Waals surface area contributed by atoms with E-state index in [0.29, 0.717) is 0 Å². The Morgan fingerprint density at radius 1 is 1.44 bits per heavy atom. The minimum atomic E-state index is -0.864. The lowest BCUT2D eigenvalue weighted by Crippen LogP contribution is -2.32. The number of carbonyl (C=O) groups is 2. The zero-order valence-corrected chi connectivity index (χ0v) is 8.04. The number of benzene rings is 1. The molecule has 0 heterocycles. The van der Waals surface area contributed by atoms with E-state index in [4.69, 9.17) is 5.11 Å².